The zero-order valence-corrected chi connectivity index (χ0v) is 25.0. The summed E-state index contributed by atoms with van der Waals surface area (Å²) >= 11 is 10.4. The molecule has 0 aliphatic rings. The number of para-hydroxylation sites is 1. The summed E-state index contributed by atoms with van der Waals surface area (Å²) in [4.78, 5) is 31.2. The fourth-order valence-corrected chi connectivity index (χ4v) is 5.40. The molecule has 0 atom stereocenters. The maximum atomic E-state index is 13.5. The monoisotopic (exact) mass is 709 g/mol. The maximum absolute atomic E-state index is 13.5. The number of esters is 1. The lowest BCUT2D eigenvalue weighted by atomic mass is 10.2. The second-order valence-corrected chi connectivity index (χ2v) is 10.9. The topological polar surface area (TPSA) is 82.8 Å². The fraction of sp³-hybridized carbons (Fsp3) is 0.0345. The smallest absolute Gasteiger partial charge is 0.343 e. The Hall–Kier alpha value is -3.60. The summed E-state index contributed by atoms with van der Waals surface area (Å²) < 4.78 is 14.3. The molecule has 0 spiro atoms. The molecule has 5 rings (SSSR count). The summed E-state index contributed by atoms with van der Waals surface area (Å²) in [6, 6.07) is 24.6. The van der Waals surface area contributed by atoms with E-state index in [1.165, 1.54) is 10.9 Å². The molecule has 1 heterocycles. The van der Waals surface area contributed by atoms with E-state index in [1.807, 2.05) is 30.3 Å². The van der Waals surface area contributed by atoms with Crippen LogP contribution in [0.2, 0.25) is 0 Å². The zero-order valence-electron chi connectivity index (χ0n) is 20.3. The quantitative estimate of drug-likeness (QED) is 0.104. The van der Waals surface area contributed by atoms with Crippen LogP contribution in [0.25, 0.3) is 22.3 Å². The summed E-state index contributed by atoms with van der Waals surface area (Å²) in [6.07, 6.45) is 1.46. The summed E-state index contributed by atoms with van der Waals surface area (Å²) in [6.45, 7) is 0. The first kappa shape index (κ1) is 27.0. The minimum Gasteiger partial charge on any atom is -0.497 e. The number of halogens is 3. The van der Waals surface area contributed by atoms with E-state index >= 15 is 0 Å². The third-order valence-electron chi connectivity index (χ3n) is 5.73. The summed E-state index contributed by atoms with van der Waals surface area (Å²) in [5.41, 5.74) is 1.74. The molecule has 0 saturated carbocycles. The molecular formula is C29H18Br3N3O4. The van der Waals surface area contributed by atoms with Crippen molar-refractivity contribution in [3.63, 3.8) is 0 Å². The molecule has 10 heteroatoms. The predicted molar refractivity (Wildman–Crippen MR) is 162 cm³/mol. The minimum atomic E-state index is -0.560. The third-order valence-corrected chi connectivity index (χ3v) is 7.30. The van der Waals surface area contributed by atoms with E-state index in [0.29, 0.717) is 43.6 Å². The minimum absolute atomic E-state index is 0.245. The second-order valence-electron chi connectivity index (χ2n) is 8.24. The predicted octanol–water partition coefficient (Wildman–Crippen LogP) is 7.46. The van der Waals surface area contributed by atoms with Gasteiger partial charge in [0, 0.05) is 20.1 Å². The molecule has 0 saturated heterocycles. The number of methoxy groups -OCH3 is 1. The molecule has 7 nitrogen and oxygen atoms in total. The van der Waals surface area contributed by atoms with Gasteiger partial charge in [-0.3, -0.25) is 4.79 Å². The van der Waals surface area contributed by atoms with Gasteiger partial charge in [-0.05, 0) is 76.6 Å². The van der Waals surface area contributed by atoms with Crippen molar-refractivity contribution in [3.05, 3.63) is 120 Å². The van der Waals surface area contributed by atoms with Crippen LogP contribution in [0.4, 0.5) is 0 Å². The Kier molecular flexibility index (Phi) is 8.06. The van der Waals surface area contributed by atoms with Gasteiger partial charge in [0.2, 0.25) is 0 Å². The number of carbonyl (C=O) groups excluding carboxylic acids is 1. The standard InChI is InChI=1S/C29H18Br3N3O4/c1-38-22-12-8-18(9-13-22)29(37)39-26-19(14-21(31)15-24(26)32)16-33-35-27(17-6-10-20(30)11-7-17)34-25-5-3-2-4-23(25)28(35)36/h2-16H,1H3. The summed E-state index contributed by atoms with van der Waals surface area (Å²) in [7, 11) is 1.55. The highest BCUT2D eigenvalue weighted by Gasteiger charge is 2.17. The molecule has 0 unspecified atom stereocenters. The highest BCUT2D eigenvalue weighted by Crippen LogP contribution is 2.33. The van der Waals surface area contributed by atoms with Gasteiger partial charge in [-0.15, -0.1) is 0 Å². The number of ether oxygens (including phenoxy) is 2. The molecule has 39 heavy (non-hydrogen) atoms. The molecule has 0 bridgehead atoms. The number of hydrogen-bond acceptors (Lipinski definition) is 6. The fourth-order valence-electron chi connectivity index (χ4n) is 3.80. The lowest BCUT2D eigenvalue weighted by Crippen LogP contribution is -2.20. The lowest BCUT2D eigenvalue weighted by molar-refractivity contribution is 0.0733. The van der Waals surface area contributed by atoms with E-state index < -0.39 is 5.97 Å². The highest BCUT2D eigenvalue weighted by molar-refractivity contribution is 9.11. The van der Waals surface area contributed by atoms with Gasteiger partial charge in [0.15, 0.2) is 11.6 Å². The second kappa shape index (κ2) is 11.6. The first-order valence-electron chi connectivity index (χ1n) is 11.5. The van der Waals surface area contributed by atoms with Crippen molar-refractivity contribution in [2.75, 3.05) is 7.11 Å². The van der Waals surface area contributed by atoms with Crippen LogP contribution in [0, 0.1) is 0 Å². The molecule has 194 valence electrons. The van der Waals surface area contributed by atoms with Gasteiger partial charge in [0.05, 0.1) is 34.3 Å². The number of aromatic nitrogens is 2. The largest absolute Gasteiger partial charge is 0.497 e. The van der Waals surface area contributed by atoms with Gasteiger partial charge >= 0.3 is 5.97 Å². The Labute approximate surface area is 248 Å². The van der Waals surface area contributed by atoms with Crippen molar-refractivity contribution in [2.45, 2.75) is 0 Å². The molecular weight excluding hydrogens is 694 g/mol. The molecule has 0 aliphatic carbocycles. The van der Waals surface area contributed by atoms with E-state index in [4.69, 9.17) is 14.5 Å². The molecule has 0 fully saturated rings. The molecule has 0 amide bonds. The number of rotatable bonds is 6. The summed E-state index contributed by atoms with van der Waals surface area (Å²) in [5, 5.41) is 4.95. The van der Waals surface area contributed by atoms with Crippen molar-refractivity contribution in [3.8, 4) is 22.9 Å². The van der Waals surface area contributed by atoms with Crippen LogP contribution in [0.5, 0.6) is 11.5 Å². The molecule has 1 aromatic heterocycles. The first-order valence-corrected chi connectivity index (χ1v) is 13.9. The molecule has 0 radical (unpaired) electrons. The van der Waals surface area contributed by atoms with Crippen LogP contribution in [-0.2, 0) is 0 Å². The van der Waals surface area contributed by atoms with Crippen LogP contribution in [0.15, 0.2) is 108 Å². The molecule has 0 N–H and O–H groups in total. The number of hydrogen-bond donors (Lipinski definition) is 0. The van der Waals surface area contributed by atoms with Crippen LogP contribution >= 0.6 is 47.8 Å². The Balaban J connectivity index is 1.60. The van der Waals surface area contributed by atoms with Gasteiger partial charge in [-0.1, -0.05) is 56.1 Å². The third kappa shape index (κ3) is 5.88. The molecule has 0 aliphatic heterocycles. The van der Waals surface area contributed by atoms with E-state index in [1.54, 1.807) is 61.7 Å². The van der Waals surface area contributed by atoms with Gasteiger partial charge in [0.1, 0.15) is 5.75 Å². The SMILES string of the molecule is COc1ccc(C(=O)Oc2c(Br)cc(Br)cc2C=Nn2c(-c3ccc(Br)cc3)nc3ccccc3c2=O)cc1. The van der Waals surface area contributed by atoms with Crippen molar-refractivity contribution in [1.29, 1.82) is 0 Å². The van der Waals surface area contributed by atoms with E-state index in [2.05, 4.69) is 52.9 Å². The maximum Gasteiger partial charge on any atom is 0.343 e. The lowest BCUT2D eigenvalue weighted by Gasteiger charge is -2.12. The average Bonchev–Trinajstić information content (AvgIpc) is 2.94. The number of nitrogens with zero attached hydrogens (tertiary/aromatic N) is 3. The Bertz CT molecular complexity index is 1780. The number of fused-ring (bicyclic) bond motifs is 1. The van der Waals surface area contributed by atoms with Crippen molar-refractivity contribution < 1.29 is 14.3 Å². The van der Waals surface area contributed by atoms with Crippen LogP contribution in [-0.4, -0.2) is 29.0 Å². The number of benzene rings is 4. The van der Waals surface area contributed by atoms with E-state index in [9.17, 15) is 9.59 Å². The van der Waals surface area contributed by atoms with Gasteiger partial charge in [-0.2, -0.15) is 9.78 Å². The van der Waals surface area contributed by atoms with Crippen molar-refractivity contribution in [2.24, 2.45) is 5.10 Å². The first-order chi connectivity index (χ1) is 18.8. The van der Waals surface area contributed by atoms with Gasteiger partial charge in [0.25, 0.3) is 5.56 Å². The van der Waals surface area contributed by atoms with Crippen molar-refractivity contribution in [1.82, 2.24) is 9.66 Å². The van der Waals surface area contributed by atoms with E-state index in [0.717, 1.165) is 8.95 Å². The Morgan fingerprint density at radius 3 is 2.36 bits per heavy atom. The highest BCUT2D eigenvalue weighted by atomic mass is 79.9. The van der Waals surface area contributed by atoms with E-state index in [-0.39, 0.29) is 11.3 Å². The van der Waals surface area contributed by atoms with Gasteiger partial charge < -0.3 is 9.47 Å². The van der Waals surface area contributed by atoms with Crippen LogP contribution in [0.1, 0.15) is 15.9 Å². The Morgan fingerprint density at radius 1 is 0.923 bits per heavy atom. The Morgan fingerprint density at radius 2 is 1.64 bits per heavy atom. The number of carbonyl (C=O) groups is 1. The molecule has 5 aromatic rings. The zero-order chi connectivity index (χ0) is 27.5. The normalized spacial score (nSPS) is 11.2. The van der Waals surface area contributed by atoms with Gasteiger partial charge in [-0.25, -0.2) is 9.78 Å². The van der Waals surface area contributed by atoms with Crippen LogP contribution < -0.4 is 15.0 Å². The summed E-state index contributed by atoms with van der Waals surface area (Å²) in [5.74, 6) is 0.679. The van der Waals surface area contributed by atoms with Crippen molar-refractivity contribution >= 4 is 70.9 Å². The molecule has 4 aromatic carbocycles. The van der Waals surface area contributed by atoms with Crippen LogP contribution in [0.3, 0.4) is 0 Å². The average molecular weight is 712 g/mol.